The summed E-state index contributed by atoms with van der Waals surface area (Å²) in [5.41, 5.74) is 1.34. The molecule has 0 aromatic heterocycles. The Morgan fingerprint density at radius 1 is 1.11 bits per heavy atom. The van der Waals surface area contributed by atoms with Gasteiger partial charge in [-0.2, -0.15) is 0 Å². The topological polar surface area (TPSA) is 93.9 Å². The smallest absolute Gasteiger partial charge is 0.256 e. The third kappa shape index (κ3) is 3.77. The number of ether oxygens (including phenoxy) is 2. The fourth-order valence-corrected chi connectivity index (χ4v) is 5.73. The van der Waals surface area contributed by atoms with Crippen molar-refractivity contribution >= 4 is 34.8 Å². The van der Waals surface area contributed by atoms with E-state index in [-0.39, 0.29) is 17.4 Å². The molecule has 2 heterocycles. The molecule has 186 valence electrons. The Balaban J connectivity index is 1.47. The predicted octanol–water partition coefficient (Wildman–Crippen LogP) is 5.10. The molecule has 2 aliphatic heterocycles. The highest BCUT2D eigenvalue weighted by Gasteiger charge is 2.68. The van der Waals surface area contributed by atoms with Crippen LogP contribution in [0, 0.1) is 10.1 Å². The molecule has 3 aromatic carbocycles. The van der Waals surface area contributed by atoms with Crippen LogP contribution in [0.3, 0.4) is 0 Å². The summed E-state index contributed by atoms with van der Waals surface area (Å²) < 4.78 is 11.5. The number of fused-ring (bicyclic) bond motifs is 2. The Bertz CT molecular complexity index is 1370. The van der Waals surface area contributed by atoms with Crippen molar-refractivity contribution in [1.29, 1.82) is 0 Å². The van der Waals surface area contributed by atoms with Gasteiger partial charge in [-0.3, -0.25) is 19.8 Å². The number of likely N-dealkylation sites (N-methyl/N-ethyl adjacent to an activating group) is 1. The van der Waals surface area contributed by atoms with Crippen LogP contribution < -0.4 is 14.8 Å². The summed E-state index contributed by atoms with van der Waals surface area (Å²) in [6.07, 6.45) is 0. The third-order valence-corrected chi connectivity index (χ3v) is 7.77. The van der Waals surface area contributed by atoms with Crippen molar-refractivity contribution in [2.24, 2.45) is 0 Å². The zero-order chi connectivity index (χ0) is 25.6. The molecule has 1 spiro atoms. The number of carbonyl (C=O) groups excluding carboxylic acids is 1. The lowest BCUT2D eigenvalue weighted by atomic mass is 9.79. The number of rotatable bonds is 6. The first-order valence-electron chi connectivity index (χ1n) is 11.3. The number of anilines is 1. The second-order valence-corrected chi connectivity index (χ2v) is 9.75. The van der Waals surface area contributed by atoms with E-state index in [2.05, 4.69) is 5.32 Å². The molecule has 1 saturated heterocycles. The van der Waals surface area contributed by atoms with E-state index in [0.717, 1.165) is 5.56 Å². The average Bonchev–Trinajstić information content (AvgIpc) is 3.34. The predicted molar refractivity (Wildman–Crippen MR) is 137 cm³/mol. The van der Waals surface area contributed by atoms with E-state index in [1.165, 1.54) is 7.11 Å². The number of hydrogen-bond acceptors (Lipinski definition) is 6. The van der Waals surface area contributed by atoms with Gasteiger partial charge >= 0.3 is 0 Å². The summed E-state index contributed by atoms with van der Waals surface area (Å²) in [6.45, 7) is 0.552. The molecule has 1 amide bonds. The van der Waals surface area contributed by atoms with Gasteiger partial charge in [0.05, 0.1) is 23.1 Å². The number of nitro groups is 1. The van der Waals surface area contributed by atoms with Gasteiger partial charge in [0.25, 0.3) is 11.9 Å². The fourth-order valence-electron chi connectivity index (χ4n) is 5.40. The molecule has 0 radical (unpaired) electrons. The summed E-state index contributed by atoms with van der Waals surface area (Å²) in [6, 6.07) is 16.5. The van der Waals surface area contributed by atoms with E-state index in [1.807, 2.05) is 6.07 Å². The number of nitrogens with one attached hydrogen (secondary N) is 1. The molecule has 0 unspecified atom stereocenters. The molecule has 3 aromatic rings. The largest absolute Gasteiger partial charge is 0.493 e. The maximum atomic E-state index is 13.3. The highest BCUT2D eigenvalue weighted by Crippen LogP contribution is 2.52. The van der Waals surface area contributed by atoms with Gasteiger partial charge in [0.1, 0.15) is 6.61 Å². The van der Waals surface area contributed by atoms with Crippen LogP contribution >= 0.6 is 23.2 Å². The van der Waals surface area contributed by atoms with E-state index in [1.54, 1.807) is 66.5 Å². The first-order valence-corrected chi connectivity index (χ1v) is 12.0. The normalized spacial score (nSPS) is 22.9. The number of amides is 1. The lowest BCUT2D eigenvalue weighted by molar-refractivity contribution is -0.534. The van der Waals surface area contributed by atoms with E-state index < -0.39 is 17.5 Å². The summed E-state index contributed by atoms with van der Waals surface area (Å²) >= 11 is 12.1. The monoisotopic (exact) mass is 527 g/mol. The third-order valence-electron chi connectivity index (χ3n) is 7.04. The molecule has 2 aliphatic rings. The second-order valence-electron chi connectivity index (χ2n) is 8.93. The number of benzene rings is 3. The molecule has 0 aliphatic carbocycles. The molecular weight excluding hydrogens is 505 g/mol. The van der Waals surface area contributed by atoms with E-state index in [0.29, 0.717) is 44.9 Å². The first-order chi connectivity index (χ1) is 17.3. The minimum Gasteiger partial charge on any atom is -0.493 e. The highest BCUT2D eigenvalue weighted by atomic mass is 35.5. The maximum Gasteiger partial charge on any atom is 0.256 e. The minimum atomic E-state index is -1.40. The van der Waals surface area contributed by atoms with Crippen molar-refractivity contribution in [3.05, 3.63) is 97.5 Å². The Kier molecular flexibility index (Phi) is 6.28. The Morgan fingerprint density at radius 2 is 1.89 bits per heavy atom. The summed E-state index contributed by atoms with van der Waals surface area (Å²) in [5, 5.41) is 16.2. The molecule has 3 atom stereocenters. The van der Waals surface area contributed by atoms with Crippen LogP contribution in [0.2, 0.25) is 10.0 Å². The van der Waals surface area contributed by atoms with Crippen LogP contribution in [0.15, 0.2) is 60.7 Å². The van der Waals surface area contributed by atoms with Gasteiger partial charge in [0.15, 0.2) is 17.0 Å². The number of methoxy groups -OCH3 is 1. The van der Waals surface area contributed by atoms with Crippen molar-refractivity contribution in [3.63, 3.8) is 0 Å². The van der Waals surface area contributed by atoms with Crippen LogP contribution in [-0.2, 0) is 16.9 Å². The summed E-state index contributed by atoms with van der Waals surface area (Å²) in [5.74, 6) is -0.0200. The van der Waals surface area contributed by atoms with Crippen molar-refractivity contribution in [2.75, 3.05) is 26.0 Å². The van der Waals surface area contributed by atoms with Gasteiger partial charge in [-0.05, 0) is 48.5 Å². The van der Waals surface area contributed by atoms with E-state index in [9.17, 15) is 14.9 Å². The van der Waals surface area contributed by atoms with Crippen LogP contribution in [0.5, 0.6) is 11.5 Å². The zero-order valence-corrected chi connectivity index (χ0v) is 21.0. The van der Waals surface area contributed by atoms with E-state index in [4.69, 9.17) is 32.7 Å². The highest BCUT2D eigenvalue weighted by molar-refractivity contribution is 6.42. The molecular formula is C26H23Cl2N3O5. The summed E-state index contributed by atoms with van der Waals surface area (Å²) in [7, 11) is 3.27. The molecule has 0 saturated carbocycles. The SMILES string of the molecule is COc1cc([C@@H]2CN(C)[C@]3(C(=O)Nc4ccccc43)[C@H]2[N+](=O)[O-])ccc1OCc1ccc(Cl)c(Cl)c1. The zero-order valence-electron chi connectivity index (χ0n) is 19.5. The molecule has 10 heteroatoms. The second kappa shape index (κ2) is 9.28. The maximum absolute atomic E-state index is 13.3. The Morgan fingerprint density at radius 3 is 2.61 bits per heavy atom. The number of halogens is 2. The lowest BCUT2D eigenvalue weighted by Crippen LogP contribution is -2.54. The van der Waals surface area contributed by atoms with Crippen LogP contribution in [0.4, 0.5) is 5.69 Å². The van der Waals surface area contributed by atoms with Gasteiger partial charge in [-0.15, -0.1) is 0 Å². The quantitative estimate of drug-likeness (QED) is 0.354. The van der Waals surface area contributed by atoms with Crippen molar-refractivity contribution in [2.45, 2.75) is 24.1 Å². The van der Waals surface area contributed by atoms with Gasteiger partial charge in [0.2, 0.25) is 0 Å². The van der Waals surface area contributed by atoms with Crippen molar-refractivity contribution in [3.8, 4) is 11.5 Å². The van der Waals surface area contributed by atoms with Gasteiger partial charge in [-0.25, -0.2) is 0 Å². The van der Waals surface area contributed by atoms with Crippen LogP contribution in [-0.4, -0.2) is 42.5 Å². The van der Waals surface area contributed by atoms with E-state index >= 15 is 0 Å². The van der Waals surface area contributed by atoms with Gasteiger partial charge in [-0.1, -0.05) is 53.5 Å². The van der Waals surface area contributed by atoms with Gasteiger partial charge in [0, 0.05) is 22.7 Å². The van der Waals surface area contributed by atoms with Gasteiger partial charge < -0.3 is 14.8 Å². The standard InChI is InChI=1S/C26H23Cl2N3O5/c1-30-13-17(24(31(33)34)26(30)18-5-3-4-6-21(18)29-25(26)32)16-8-10-22(23(12-16)35-2)36-14-15-7-9-19(27)20(28)11-15/h3-12,17,24H,13-14H2,1-2H3,(H,29,32)/t17-,24-,26-/m0/s1. The lowest BCUT2D eigenvalue weighted by Gasteiger charge is -2.30. The average molecular weight is 528 g/mol. The molecule has 5 rings (SSSR count). The minimum absolute atomic E-state index is 0.232. The molecule has 1 N–H and O–H groups in total. The van der Waals surface area contributed by atoms with Crippen LogP contribution in [0.25, 0.3) is 0 Å². The molecule has 0 bridgehead atoms. The molecule has 36 heavy (non-hydrogen) atoms. The molecule has 8 nitrogen and oxygen atoms in total. The summed E-state index contributed by atoms with van der Waals surface area (Å²) in [4.78, 5) is 27.2. The Hall–Kier alpha value is -3.33. The van der Waals surface area contributed by atoms with Crippen LogP contribution in [0.1, 0.15) is 22.6 Å². The number of hydrogen-bond donors (Lipinski definition) is 1. The van der Waals surface area contributed by atoms with Crippen molar-refractivity contribution < 1.29 is 19.2 Å². The number of likely N-dealkylation sites (tertiary alicyclic amines) is 1. The number of para-hydroxylation sites is 1. The number of carbonyl (C=O) groups is 1. The van der Waals surface area contributed by atoms with Crippen molar-refractivity contribution in [1.82, 2.24) is 4.90 Å². The number of nitrogens with zero attached hydrogens (tertiary/aromatic N) is 2. The fraction of sp³-hybridized carbons (Fsp3) is 0.269. The first kappa shape index (κ1) is 24.4. The Labute approximate surface area is 217 Å². The molecule has 1 fully saturated rings.